The van der Waals surface area contributed by atoms with Crippen LogP contribution < -0.4 is 0 Å². The zero-order valence-electron chi connectivity index (χ0n) is 10.1. The van der Waals surface area contributed by atoms with E-state index in [4.69, 9.17) is 0 Å². The summed E-state index contributed by atoms with van der Waals surface area (Å²) in [5, 5.41) is 20.5. The molecule has 2 rings (SSSR count). The number of carbonyl (C=O) groups excluding carboxylic acids is 4. The summed E-state index contributed by atoms with van der Waals surface area (Å²) in [6.07, 6.45) is -1.68. The number of amides is 4. The maximum Gasteiger partial charge on any atom is 0.359 e. The largest absolute Gasteiger partial charge is 0.359 e. The molecule has 8 heteroatoms. The molecule has 102 valence electrons. The summed E-state index contributed by atoms with van der Waals surface area (Å²) in [7, 11) is 0. The van der Waals surface area contributed by atoms with Gasteiger partial charge in [0.1, 0.15) is 0 Å². The Morgan fingerprint density at radius 1 is 0.842 bits per heavy atom. The van der Waals surface area contributed by atoms with Gasteiger partial charge in [0.25, 0.3) is 0 Å². The fourth-order valence-corrected chi connectivity index (χ4v) is 2.52. The molecule has 0 aromatic rings. The standard InChI is InChI=1S/C11H14N2O6/c1-2-7(12(18)8(14)3-4-9(12)15)13(19)10(16)5-6-11(13)17/h2,7,18-19H,1,3-6H2/q+2. The van der Waals surface area contributed by atoms with Crippen molar-refractivity contribution < 1.29 is 38.9 Å². The molecule has 0 aliphatic carbocycles. The Balaban J connectivity index is 2.54. The van der Waals surface area contributed by atoms with E-state index in [1.165, 1.54) is 0 Å². The summed E-state index contributed by atoms with van der Waals surface area (Å²) >= 11 is 0. The Morgan fingerprint density at radius 3 is 1.32 bits per heavy atom. The molecular weight excluding hydrogens is 256 g/mol. The third kappa shape index (κ3) is 1.55. The molecule has 2 aliphatic rings. The fraction of sp³-hybridized carbons (Fsp3) is 0.455. The second kappa shape index (κ2) is 4.14. The van der Waals surface area contributed by atoms with Crippen LogP contribution in [0.2, 0.25) is 0 Å². The zero-order valence-corrected chi connectivity index (χ0v) is 10.1. The molecule has 0 bridgehead atoms. The van der Waals surface area contributed by atoms with Crippen molar-refractivity contribution in [2.75, 3.05) is 0 Å². The minimum absolute atomic E-state index is 0.206. The third-order valence-corrected chi connectivity index (χ3v) is 3.60. The maximum absolute atomic E-state index is 11.7. The number of hydroxylamine groups is 6. The van der Waals surface area contributed by atoms with E-state index >= 15 is 0 Å². The first-order chi connectivity index (χ1) is 8.79. The van der Waals surface area contributed by atoms with Gasteiger partial charge >= 0.3 is 29.8 Å². The van der Waals surface area contributed by atoms with Crippen molar-refractivity contribution in [2.24, 2.45) is 0 Å². The number of likely N-dealkylation sites (tertiary alicyclic amines) is 2. The van der Waals surface area contributed by atoms with Crippen LogP contribution in [-0.4, -0.2) is 49.5 Å². The Morgan fingerprint density at radius 2 is 1.11 bits per heavy atom. The predicted octanol–water partition coefficient (Wildman–Crippen LogP) is -0.396. The Hall–Kier alpha value is -1.74. The number of imide groups is 2. The Labute approximate surface area is 108 Å². The molecule has 19 heavy (non-hydrogen) atoms. The highest BCUT2D eigenvalue weighted by molar-refractivity contribution is 5.93. The van der Waals surface area contributed by atoms with Gasteiger partial charge in [-0.1, -0.05) is 6.58 Å². The summed E-state index contributed by atoms with van der Waals surface area (Å²) < 4.78 is -3.56. The lowest BCUT2D eigenvalue weighted by atomic mass is 10.3. The van der Waals surface area contributed by atoms with Gasteiger partial charge in [0.05, 0.1) is 25.7 Å². The van der Waals surface area contributed by atoms with Crippen LogP contribution in [0.25, 0.3) is 0 Å². The topological polar surface area (TPSA) is 109 Å². The lowest BCUT2D eigenvalue weighted by molar-refractivity contribution is -1.15. The molecule has 0 spiro atoms. The van der Waals surface area contributed by atoms with Crippen LogP contribution in [0.3, 0.4) is 0 Å². The summed E-state index contributed by atoms with van der Waals surface area (Å²) in [4.78, 5) is 46.9. The zero-order chi connectivity index (χ0) is 14.4. The number of rotatable bonds is 3. The first kappa shape index (κ1) is 13.7. The van der Waals surface area contributed by atoms with Gasteiger partial charge < -0.3 is 0 Å². The minimum atomic E-state index is -1.78. The highest BCUT2D eigenvalue weighted by Gasteiger charge is 2.69. The number of carbonyl (C=O) groups is 4. The second-order valence-corrected chi connectivity index (χ2v) is 4.60. The van der Waals surface area contributed by atoms with Crippen LogP contribution in [0, 0.1) is 0 Å². The Bertz CT molecular complexity index is 437. The molecule has 2 saturated heterocycles. The van der Waals surface area contributed by atoms with Crippen molar-refractivity contribution in [2.45, 2.75) is 31.8 Å². The molecule has 4 amide bonds. The van der Waals surface area contributed by atoms with Crippen LogP contribution in [0.1, 0.15) is 25.7 Å². The van der Waals surface area contributed by atoms with Crippen molar-refractivity contribution in [1.29, 1.82) is 0 Å². The number of nitrogens with zero attached hydrogens (tertiary/aromatic N) is 2. The van der Waals surface area contributed by atoms with Crippen molar-refractivity contribution in [3.8, 4) is 0 Å². The lowest BCUT2D eigenvalue weighted by Gasteiger charge is -2.32. The summed E-state index contributed by atoms with van der Waals surface area (Å²) in [5.41, 5.74) is 0. The van der Waals surface area contributed by atoms with Crippen molar-refractivity contribution in [3.63, 3.8) is 0 Å². The third-order valence-electron chi connectivity index (χ3n) is 3.60. The van der Waals surface area contributed by atoms with Crippen LogP contribution in [0.15, 0.2) is 12.7 Å². The van der Waals surface area contributed by atoms with E-state index in [2.05, 4.69) is 6.58 Å². The van der Waals surface area contributed by atoms with E-state index < -0.39 is 39.1 Å². The van der Waals surface area contributed by atoms with Gasteiger partial charge in [-0.2, -0.15) is 10.4 Å². The van der Waals surface area contributed by atoms with E-state index in [1.807, 2.05) is 0 Å². The number of quaternary nitrogens is 2. The lowest BCUT2D eigenvalue weighted by Crippen LogP contribution is -2.70. The molecule has 2 heterocycles. The molecule has 2 aliphatic heterocycles. The molecule has 2 fully saturated rings. The Kier molecular flexibility index (Phi) is 2.98. The van der Waals surface area contributed by atoms with Gasteiger partial charge in [0.2, 0.25) is 0 Å². The van der Waals surface area contributed by atoms with Crippen molar-refractivity contribution in [1.82, 2.24) is 0 Å². The van der Waals surface area contributed by atoms with Gasteiger partial charge in [0, 0.05) is 6.08 Å². The minimum Gasteiger partial charge on any atom is -0.227 e. The average molecular weight is 270 g/mol. The van der Waals surface area contributed by atoms with Gasteiger partial charge in [-0.3, -0.25) is 0 Å². The average Bonchev–Trinajstić information content (AvgIpc) is 2.77. The molecule has 0 saturated carbocycles. The maximum atomic E-state index is 11.7. The molecule has 8 nitrogen and oxygen atoms in total. The van der Waals surface area contributed by atoms with Crippen LogP contribution in [-0.2, 0) is 19.2 Å². The van der Waals surface area contributed by atoms with Crippen LogP contribution in [0.4, 0.5) is 0 Å². The van der Waals surface area contributed by atoms with Crippen LogP contribution >= 0.6 is 0 Å². The summed E-state index contributed by atoms with van der Waals surface area (Å²) in [6, 6.07) is 0. The van der Waals surface area contributed by atoms with Gasteiger partial charge in [0.15, 0.2) is 0 Å². The molecule has 0 unspecified atom stereocenters. The first-order valence-corrected chi connectivity index (χ1v) is 5.78. The number of hydrogen-bond donors (Lipinski definition) is 2. The van der Waals surface area contributed by atoms with Crippen molar-refractivity contribution in [3.05, 3.63) is 12.7 Å². The SMILES string of the molecule is C=CC([N+]1(O)C(=O)CCC1=O)[N+]1(O)C(=O)CCC1=O. The van der Waals surface area contributed by atoms with E-state index in [0.29, 0.717) is 0 Å². The quantitative estimate of drug-likeness (QED) is 0.313. The predicted molar refractivity (Wildman–Crippen MR) is 56.6 cm³/mol. The summed E-state index contributed by atoms with van der Waals surface area (Å²) in [6.45, 7) is 3.32. The highest BCUT2D eigenvalue weighted by atomic mass is 16.6. The first-order valence-electron chi connectivity index (χ1n) is 5.78. The second-order valence-electron chi connectivity index (χ2n) is 4.60. The van der Waals surface area contributed by atoms with Gasteiger partial charge in [-0.25, -0.2) is 19.2 Å². The van der Waals surface area contributed by atoms with E-state index in [9.17, 15) is 29.6 Å². The molecule has 0 radical (unpaired) electrons. The summed E-state index contributed by atoms with van der Waals surface area (Å²) in [5.74, 6) is -3.47. The van der Waals surface area contributed by atoms with E-state index in [0.717, 1.165) is 6.08 Å². The smallest absolute Gasteiger partial charge is 0.227 e. The fourth-order valence-electron chi connectivity index (χ4n) is 2.52. The molecule has 0 aromatic carbocycles. The van der Waals surface area contributed by atoms with E-state index in [1.54, 1.807) is 0 Å². The molecule has 0 aromatic heterocycles. The molecule has 2 N–H and O–H groups in total. The molecule has 0 atom stereocenters. The normalized spacial score (nSPS) is 25.4. The molecular formula is C11H14N2O6+2. The van der Waals surface area contributed by atoms with Gasteiger partial charge in [-0.05, 0) is 9.29 Å². The number of hydrogen-bond acceptors (Lipinski definition) is 6. The van der Waals surface area contributed by atoms with Gasteiger partial charge in [-0.15, -0.1) is 0 Å². The van der Waals surface area contributed by atoms with Crippen molar-refractivity contribution >= 4 is 23.6 Å². The van der Waals surface area contributed by atoms with Crippen LogP contribution in [0.5, 0.6) is 0 Å². The monoisotopic (exact) mass is 270 g/mol. The van der Waals surface area contributed by atoms with E-state index in [-0.39, 0.29) is 25.7 Å². The highest BCUT2D eigenvalue weighted by Crippen LogP contribution is 2.34.